The lowest BCUT2D eigenvalue weighted by Crippen LogP contribution is -2.37. The van der Waals surface area contributed by atoms with E-state index in [2.05, 4.69) is 19.7 Å². The summed E-state index contributed by atoms with van der Waals surface area (Å²) in [5.41, 5.74) is 3.48. The van der Waals surface area contributed by atoms with E-state index in [1.165, 1.54) is 0 Å². The van der Waals surface area contributed by atoms with Crippen molar-refractivity contribution in [2.45, 2.75) is 32.6 Å². The molecule has 2 heterocycles. The number of hydrogen-bond donors (Lipinski definition) is 2. The van der Waals surface area contributed by atoms with Gasteiger partial charge in [0.05, 0.1) is 16.8 Å². The highest BCUT2D eigenvalue weighted by atomic mass is 32.2. The van der Waals surface area contributed by atoms with Gasteiger partial charge in [0.1, 0.15) is 5.82 Å². The number of imidazole rings is 1. The zero-order valence-corrected chi connectivity index (χ0v) is 16.1. The molecule has 0 aliphatic carbocycles. The van der Waals surface area contributed by atoms with Crippen molar-refractivity contribution in [1.29, 1.82) is 0 Å². The van der Waals surface area contributed by atoms with Crippen LogP contribution in [-0.2, 0) is 15.4 Å². The monoisotopic (exact) mass is 372 g/mol. The highest BCUT2D eigenvalue weighted by molar-refractivity contribution is 7.89. The van der Waals surface area contributed by atoms with E-state index in [1.54, 1.807) is 12.4 Å². The van der Waals surface area contributed by atoms with Gasteiger partial charge in [0.25, 0.3) is 0 Å². The summed E-state index contributed by atoms with van der Waals surface area (Å²) in [5.74, 6) is 0.942. The Morgan fingerprint density at radius 3 is 2.58 bits per heavy atom. The van der Waals surface area contributed by atoms with Crippen LogP contribution in [0.2, 0.25) is 0 Å². The number of nitrogens with one attached hydrogen (secondary N) is 2. The lowest BCUT2D eigenvalue weighted by molar-refractivity contribution is 0.501. The Balaban J connectivity index is 1.86. The number of nitrogens with zero attached hydrogens (tertiary/aromatic N) is 2. The van der Waals surface area contributed by atoms with Crippen LogP contribution in [0.3, 0.4) is 0 Å². The number of hydrogen-bond acceptors (Lipinski definition) is 4. The van der Waals surface area contributed by atoms with E-state index in [-0.39, 0.29) is 11.2 Å². The maximum absolute atomic E-state index is 11.9. The summed E-state index contributed by atoms with van der Waals surface area (Å²) in [4.78, 5) is 12.0. The molecule has 1 aromatic carbocycles. The van der Waals surface area contributed by atoms with Crippen LogP contribution in [0.1, 0.15) is 32.8 Å². The molecule has 26 heavy (non-hydrogen) atoms. The topological polar surface area (TPSA) is 87.7 Å². The average Bonchev–Trinajstić information content (AvgIpc) is 3.04. The predicted molar refractivity (Wildman–Crippen MR) is 104 cm³/mol. The number of H-pyrrole nitrogens is 1. The van der Waals surface area contributed by atoms with Crippen LogP contribution in [0.25, 0.3) is 22.4 Å². The van der Waals surface area contributed by atoms with E-state index in [0.29, 0.717) is 13.0 Å². The van der Waals surface area contributed by atoms with Gasteiger partial charge in [-0.15, -0.1) is 0 Å². The van der Waals surface area contributed by atoms with Crippen LogP contribution < -0.4 is 4.72 Å². The van der Waals surface area contributed by atoms with Crippen LogP contribution in [-0.4, -0.2) is 35.7 Å². The molecule has 0 aliphatic rings. The quantitative estimate of drug-likeness (QED) is 0.666. The normalized spacial score (nSPS) is 12.6. The Hall–Kier alpha value is -2.25. The molecular weight excluding hydrogens is 348 g/mol. The summed E-state index contributed by atoms with van der Waals surface area (Å²) >= 11 is 0. The van der Waals surface area contributed by atoms with Gasteiger partial charge in [0, 0.05) is 29.9 Å². The first-order valence-electron chi connectivity index (χ1n) is 8.69. The standard InChI is InChI=1S/C19H24N4O2S/c1-4-11-26(24,25)21-13-19(2,3)15-5-6-16-17(12-15)23-18(22-16)14-7-9-20-10-8-14/h5-10,12,21H,4,11,13H2,1-3H3,(H,22,23). The molecule has 0 aliphatic heterocycles. The van der Waals surface area contributed by atoms with E-state index in [0.717, 1.165) is 28.0 Å². The molecule has 0 unspecified atom stereocenters. The average molecular weight is 372 g/mol. The van der Waals surface area contributed by atoms with E-state index in [9.17, 15) is 8.42 Å². The lowest BCUT2D eigenvalue weighted by Gasteiger charge is -2.25. The van der Waals surface area contributed by atoms with E-state index >= 15 is 0 Å². The van der Waals surface area contributed by atoms with Crippen LogP contribution >= 0.6 is 0 Å². The molecule has 0 fully saturated rings. The second-order valence-electron chi connectivity index (χ2n) is 7.08. The van der Waals surface area contributed by atoms with Crippen molar-refractivity contribution in [3.05, 3.63) is 48.3 Å². The fourth-order valence-corrected chi connectivity index (χ4v) is 4.07. The zero-order valence-electron chi connectivity index (χ0n) is 15.3. The minimum atomic E-state index is -3.22. The Bertz CT molecular complexity index is 995. The van der Waals surface area contributed by atoms with Gasteiger partial charge in [-0.05, 0) is 36.2 Å². The number of aromatic nitrogens is 3. The van der Waals surface area contributed by atoms with Crippen molar-refractivity contribution in [2.24, 2.45) is 0 Å². The van der Waals surface area contributed by atoms with Crippen LogP contribution in [0.4, 0.5) is 0 Å². The first kappa shape index (κ1) is 18.5. The summed E-state index contributed by atoms with van der Waals surface area (Å²) in [6.45, 7) is 6.26. The first-order chi connectivity index (χ1) is 12.3. The Kier molecular flexibility index (Phi) is 5.11. The lowest BCUT2D eigenvalue weighted by atomic mass is 9.85. The molecule has 7 heteroatoms. The number of rotatable bonds is 7. The molecule has 0 atom stereocenters. The van der Waals surface area contributed by atoms with Crippen molar-refractivity contribution in [2.75, 3.05) is 12.3 Å². The third-order valence-electron chi connectivity index (χ3n) is 4.43. The fraction of sp³-hybridized carbons (Fsp3) is 0.368. The zero-order chi connectivity index (χ0) is 18.8. The number of sulfonamides is 1. The number of benzene rings is 1. The number of fused-ring (bicyclic) bond motifs is 1. The van der Waals surface area contributed by atoms with Gasteiger partial charge in [-0.25, -0.2) is 18.1 Å². The summed E-state index contributed by atoms with van der Waals surface area (Å²) in [7, 11) is -3.22. The van der Waals surface area contributed by atoms with E-state index in [4.69, 9.17) is 0 Å². The van der Waals surface area contributed by atoms with Gasteiger partial charge in [-0.1, -0.05) is 26.8 Å². The maximum Gasteiger partial charge on any atom is 0.211 e. The summed E-state index contributed by atoms with van der Waals surface area (Å²) in [6.07, 6.45) is 4.08. The molecular formula is C19H24N4O2S. The number of aromatic amines is 1. The van der Waals surface area contributed by atoms with Gasteiger partial charge in [0.15, 0.2) is 0 Å². The predicted octanol–water partition coefficient (Wildman–Crippen LogP) is 3.23. The molecule has 2 N–H and O–H groups in total. The molecule has 6 nitrogen and oxygen atoms in total. The molecule has 3 rings (SSSR count). The Morgan fingerprint density at radius 2 is 1.88 bits per heavy atom. The van der Waals surface area contributed by atoms with Gasteiger partial charge >= 0.3 is 0 Å². The molecule has 0 spiro atoms. The Morgan fingerprint density at radius 1 is 1.15 bits per heavy atom. The highest BCUT2D eigenvalue weighted by Gasteiger charge is 2.24. The molecule has 3 aromatic rings. The first-order valence-corrected chi connectivity index (χ1v) is 10.3. The summed E-state index contributed by atoms with van der Waals surface area (Å²) < 4.78 is 26.6. The van der Waals surface area contributed by atoms with Crippen molar-refractivity contribution in [1.82, 2.24) is 19.7 Å². The fourth-order valence-electron chi connectivity index (χ4n) is 2.81. The summed E-state index contributed by atoms with van der Waals surface area (Å²) in [5, 5.41) is 0. The minimum Gasteiger partial charge on any atom is -0.338 e. The largest absolute Gasteiger partial charge is 0.338 e. The highest BCUT2D eigenvalue weighted by Crippen LogP contribution is 2.27. The second-order valence-corrected chi connectivity index (χ2v) is 9.00. The van der Waals surface area contributed by atoms with Crippen molar-refractivity contribution in [3.63, 3.8) is 0 Å². The number of pyridine rings is 1. The smallest absolute Gasteiger partial charge is 0.211 e. The SMILES string of the molecule is CCCS(=O)(=O)NCC(C)(C)c1ccc2[nH]c(-c3ccncc3)nc2c1. The van der Waals surface area contributed by atoms with Gasteiger partial charge in [-0.3, -0.25) is 4.98 Å². The minimum absolute atomic E-state index is 0.150. The van der Waals surface area contributed by atoms with Crippen LogP contribution in [0.5, 0.6) is 0 Å². The Labute approximate surface area is 154 Å². The van der Waals surface area contributed by atoms with Crippen molar-refractivity contribution < 1.29 is 8.42 Å². The maximum atomic E-state index is 11.9. The third kappa shape index (κ3) is 4.11. The second kappa shape index (κ2) is 7.17. The molecule has 0 amide bonds. The molecule has 0 saturated carbocycles. The van der Waals surface area contributed by atoms with Gasteiger partial charge in [-0.2, -0.15) is 0 Å². The molecule has 0 saturated heterocycles. The van der Waals surface area contributed by atoms with Crippen molar-refractivity contribution >= 4 is 21.1 Å². The van der Waals surface area contributed by atoms with Gasteiger partial charge < -0.3 is 4.98 Å². The van der Waals surface area contributed by atoms with Gasteiger partial charge in [0.2, 0.25) is 10.0 Å². The third-order valence-corrected chi connectivity index (χ3v) is 5.96. The molecule has 0 radical (unpaired) electrons. The van der Waals surface area contributed by atoms with Crippen molar-refractivity contribution in [3.8, 4) is 11.4 Å². The molecule has 2 aromatic heterocycles. The summed E-state index contributed by atoms with van der Waals surface area (Å²) in [6, 6.07) is 9.84. The van der Waals surface area contributed by atoms with Crippen LogP contribution in [0, 0.1) is 0 Å². The molecule has 138 valence electrons. The van der Waals surface area contributed by atoms with Crippen LogP contribution in [0.15, 0.2) is 42.7 Å². The molecule has 0 bridgehead atoms. The van der Waals surface area contributed by atoms with E-state index in [1.807, 2.05) is 51.1 Å². The van der Waals surface area contributed by atoms with E-state index < -0.39 is 10.0 Å².